The zero-order valence-electron chi connectivity index (χ0n) is 35.0. The van der Waals surface area contributed by atoms with Crippen molar-refractivity contribution in [2.75, 3.05) is 4.81 Å². The predicted molar refractivity (Wildman–Crippen MR) is 255 cm³/mol. The molecule has 3 aliphatic heterocycles. The van der Waals surface area contributed by atoms with Gasteiger partial charge in [-0.2, -0.15) is 0 Å². The molecule has 6 bridgehead atoms. The summed E-state index contributed by atoms with van der Waals surface area (Å²) >= 11 is 2.00. The summed E-state index contributed by atoms with van der Waals surface area (Å²) in [6.45, 7) is 2.51. The van der Waals surface area contributed by atoms with E-state index in [-0.39, 0.29) is 17.7 Å². The number of aromatic nitrogens is 1. The molecule has 2 atom stereocenters. The zero-order valence-corrected chi connectivity index (χ0v) is 35.8. The Kier molecular flexibility index (Phi) is 6.24. The monoisotopic (exact) mass is 808 g/mol. The number of thiophene rings is 1. The van der Waals surface area contributed by atoms with E-state index in [1.807, 2.05) is 11.3 Å². The van der Waals surface area contributed by atoms with Crippen LogP contribution in [-0.2, 0) is 10.8 Å². The van der Waals surface area contributed by atoms with E-state index in [1.165, 1.54) is 158 Å². The van der Waals surface area contributed by atoms with E-state index in [9.17, 15) is 0 Å². The molecule has 0 spiro atoms. The highest BCUT2D eigenvalue weighted by Crippen LogP contribution is 2.62. The maximum atomic E-state index is 6.87. The van der Waals surface area contributed by atoms with Gasteiger partial charge in [-0.05, 0) is 181 Å². The van der Waals surface area contributed by atoms with E-state index in [0.29, 0.717) is 0 Å². The molecule has 5 heterocycles. The summed E-state index contributed by atoms with van der Waals surface area (Å²) in [5.41, 5.74) is 16.1. The third kappa shape index (κ3) is 4.15. The zero-order chi connectivity index (χ0) is 39.5. The Hall–Kier alpha value is -5.00. The molecule has 0 saturated heterocycles. The third-order valence-electron chi connectivity index (χ3n) is 18.4. The Morgan fingerprint density at radius 2 is 1.38 bits per heavy atom. The summed E-state index contributed by atoms with van der Waals surface area (Å²) in [6, 6.07) is 40.9. The number of ether oxygens (including phenoxy) is 1. The average Bonchev–Trinajstić information content (AvgIpc) is 3.95. The first-order valence-electron chi connectivity index (χ1n) is 23.8. The number of hydrogen-bond acceptors (Lipinski definition) is 3. The minimum atomic E-state index is 0.0157. The molecule has 0 amide bonds. The van der Waals surface area contributed by atoms with Gasteiger partial charge in [0.25, 0.3) is 0 Å². The summed E-state index contributed by atoms with van der Waals surface area (Å²) < 4.78 is 12.4. The lowest BCUT2D eigenvalue weighted by Crippen LogP contribution is -2.61. The summed E-state index contributed by atoms with van der Waals surface area (Å²) in [7, 11) is 0. The first kappa shape index (κ1) is 33.6. The van der Waals surface area contributed by atoms with Crippen molar-refractivity contribution in [3.63, 3.8) is 0 Å². The smallest absolute Gasteiger partial charge is 0.333 e. The highest BCUT2D eigenvalue weighted by Gasteiger charge is 2.54. The quantitative estimate of drug-likeness (QED) is 0.165. The number of benzene rings is 6. The lowest BCUT2D eigenvalue weighted by atomic mass is 9.42. The van der Waals surface area contributed by atoms with Gasteiger partial charge in [0.1, 0.15) is 5.75 Å². The highest BCUT2D eigenvalue weighted by molar-refractivity contribution is 7.26. The lowest BCUT2D eigenvalue weighted by Gasteiger charge is -2.57. The minimum absolute atomic E-state index is 0.0157. The van der Waals surface area contributed by atoms with Crippen molar-refractivity contribution in [3.8, 4) is 28.3 Å². The summed E-state index contributed by atoms with van der Waals surface area (Å²) in [6.07, 6.45) is 16.8. The molecule has 5 heteroatoms. The van der Waals surface area contributed by atoms with Gasteiger partial charge in [-0.25, -0.2) is 0 Å². The van der Waals surface area contributed by atoms with Crippen LogP contribution in [0.25, 0.3) is 58.8 Å². The van der Waals surface area contributed by atoms with E-state index < -0.39 is 0 Å². The fourth-order valence-corrected chi connectivity index (χ4v) is 17.7. The Morgan fingerprint density at radius 3 is 2.20 bits per heavy atom. The van der Waals surface area contributed by atoms with E-state index >= 15 is 0 Å². The highest BCUT2D eigenvalue weighted by atomic mass is 32.1. The Bertz CT molecular complexity index is 3250. The molecule has 17 rings (SSSR count). The molecule has 0 radical (unpaired) electrons. The topological polar surface area (TPSA) is 17.4 Å². The molecule has 8 aromatic rings. The third-order valence-corrected chi connectivity index (χ3v) is 19.6. The van der Waals surface area contributed by atoms with Gasteiger partial charge < -0.3 is 14.1 Å². The van der Waals surface area contributed by atoms with Gasteiger partial charge in [-0.1, -0.05) is 74.4 Å². The van der Waals surface area contributed by atoms with E-state index in [4.69, 9.17) is 4.74 Å². The van der Waals surface area contributed by atoms with Crippen molar-refractivity contribution in [2.45, 2.75) is 94.8 Å². The van der Waals surface area contributed by atoms with Gasteiger partial charge in [-0.15, -0.1) is 11.3 Å². The van der Waals surface area contributed by atoms with Crippen molar-refractivity contribution < 1.29 is 4.74 Å². The summed E-state index contributed by atoms with van der Waals surface area (Å²) in [4.78, 5) is 2.73. The maximum Gasteiger partial charge on any atom is 0.333 e. The van der Waals surface area contributed by atoms with Gasteiger partial charge >= 0.3 is 6.85 Å². The van der Waals surface area contributed by atoms with E-state index in [1.54, 1.807) is 11.1 Å². The first-order chi connectivity index (χ1) is 30.0. The molecular weight excluding hydrogens is 760 g/mol. The van der Waals surface area contributed by atoms with Crippen LogP contribution in [0.4, 0.5) is 11.4 Å². The Labute approximate surface area is 361 Å². The number of para-hydroxylation sites is 3. The number of rotatable bonds is 3. The molecule has 9 aliphatic rings. The second-order valence-electron chi connectivity index (χ2n) is 21.5. The van der Waals surface area contributed by atoms with Gasteiger partial charge in [0.05, 0.1) is 32.8 Å². The molecule has 2 aromatic heterocycles. The normalized spacial score (nSPS) is 29.4. The number of fused-ring (bicyclic) bond motifs is 15. The molecule has 3 nitrogen and oxygen atoms in total. The number of nitrogens with zero attached hydrogens (tertiary/aromatic N) is 2. The van der Waals surface area contributed by atoms with Gasteiger partial charge in [0.15, 0.2) is 5.75 Å². The van der Waals surface area contributed by atoms with Crippen LogP contribution < -0.4 is 20.5 Å². The molecular formula is C56H49BN2OS. The molecule has 6 aromatic carbocycles. The van der Waals surface area contributed by atoms with Crippen LogP contribution in [0.1, 0.15) is 95.1 Å². The minimum Gasteiger partial charge on any atom is -0.453 e. The molecule has 0 N–H and O–H groups in total. The molecule has 2 unspecified atom stereocenters. The predicted octanol–water partition coefficient (Wildman–Crippen LogP) is 13.8. The van der Waals surface area contributed by atoms with Gasteiger partial charge in [0.2, 0.25) is 0 Å². The van der Waals surface area contributed by atoms with Crippen molar-refractivity contribution in [1.82, 2.24) is 4.57 Å². The second kappa shape index (κ2) is 11.3. The summed E-state index contributed by atoms with van der Waals surface area (Å²) in [5.74, 6) is 6.38. The Balaban J connectivity index is 1.07. The maximum absolute atomic E-state index is 6.87. The fraction of sp³-hybridized carbons (Fsp3) is 0.357. The van der Waals surface area contributed by atoms with Crippen LogP contribution in [0.5, 0.6) is 11.5 Å². The van der Waals surface area contributed by atoms with Crippen LogP contribution in [0.2, 0.25) is 0 Å². The molecule has 6 aliphatic carbocycles. The number of hydrogen-bond donors (Lipinski definition) is 0. The van der Waals surface area contributed by atoms with Gasteiger partial charge in [0, 0.05) is 31.8 Å². The SMILES string of the molecule is CCC1(c2ccc3c(c2)c2cc(C45CC6CC(CC(C6)C4)C5)cc4c2n3-c2c3c(cc5c2sc2ccccc25)-c2cccc5c2N(B34)c2ccccc2O5)CC2CCC(C2)C1. The van der Waals surface area contributed by atoms with E-state index in [0.717, 1.165) is 41.1 Å². The first-order valence-corrected chi connectivity index (χ1v) is 24.7. The average molecular weight is 809 g/mol. The lowest BCUT2D eigenvalue weighted by molar-refractivity contribution is -0.00509. The van der Waals surface area contributed by atoms with Crippen molar-refractivity contribution in [3.05, 3.63) is 114 Å². The molecule has 6 saturated carbocycles. The molecule has 6 fully saturated rings. The van der Waals surface area contributed by atoms with Crippen LogP contribution in [0.3, 0.4) is 0 Å². The van der Waals surface area contributed by atoms with E-state index in [2.05, 4.69) is 119 Å². The largest absolute Gasteiger partial charge is 0.453 e. The van der Waals surface area contributed by atoms with Crippen molar-refractivity contribution in [1.29, 1.82) is 0 Å². The standard InChI is InChI=1S/C56H49BN2OS/c1-2-55(26-31-14-15-32(18-31)27-55)36-16-17-45-40(22-36)42-23-37(56-28-33-19-34(29-56)21-35(20-33)30-56)24-44-51(42)58(45)53-50-41(25-43-38-8-3-6-13-49(38)61-54(43)53)39-9-7-12-48-52(39)59(57(44)50)46-10-4-5-11-47(46)60-48/h3-13,16-17,22-25,31-35H,2,14-15,18-21,26-30H2,1H3. The van der Waals surface area contributed by atoms with Crippen LogP contribution >= 0.6 is 11.3 Å². The fourth-order valence-electron chi connectivity index (χ4n) is 16.5. The summed E-state index contributed by atoms with van der Waals surface area (Å²) in [5, 5.41) is 5.72. The van der Waals surface area contributed by atoms with Crippen molar-refractivity contribution >= 4 is 82.5 Å². The van der Waals surface area contributed by atoms with Gasteiger partial charge in [-0.3, -0.25) is 0 Å². The molecule has 61 heavy (non-hydrogen) atoms. The van der Waals surface area contributed by atoms with Crippen LogP contribution in [0, 0.1) is 29.6 Å². The number of anilines is 2. The van der Waals surface area contributed by atoms with Crippen LogP contribution in [-0.4, -0.2) is 11.4 Å². The Morgan fingerprint density at radius 1 is 0.639 bits per heavy atom. The van der Waals surface area contributed by atoms with Crippen molar-refractivity contribution in [2.24, 2.45) is 29.6 Å². The molecule has 298 valence electrons. The second-order valence-corrected chi connectivity index (χ2v) is 22.5. The van der Waals surface area contributed by atoms with Crippen LogP contribution in [0.15, 0.2) is 103 Å².